The molecule has 2 unspecified atom stereocenters. The van der Waals surface area contributed by atoms with Crippen molar-refractivity contribution in [2.24, 2.45) is 11.8 Å². The molecule has 0 saturated heterocycles. The van der Waals surface area contributed by atoms with Gasteiger partial charge in [-0.05, 0) is 38.5 Å². The molecule has 18 heavy (non-hydrogen) atoms. The molecular weight excluding hydrogens is 318 g/mol. The fourth-order valence-electron chi connectivity index (χ4n) is 2.19. The molecule has 1 rings (SSSR count). The highest BCUT2D eigenvalue weighted by Gasteiger charge is 2.39. The Bertz CT molecular complexity index is 406. The van der Waals surface area contributed by atoms with Crippen molar-refractivity contribution in [3.63, 3.8) is 0 Å². The van der Waals surface area contributed by atoms with E-state index in [-0.39, 0.29) is 0 Å². The van der Waals surface area contributed by atoms with Gasteiger partial charge < -0.3 is 5.32 Å². The van der Waals surface area contributed by atoms with E-state index in [1.54, 1.807) is 0 Å². The number of carbonyl (C=O) groups excluding carboxylic acids is 1. The van der Waals surface area contributed by atoms with Gasteiger partial charge in [-0.25, -0.2) is 8.42 Å². The van der Waals surface area contributed by atoms with Crippen LogP contribution in [0.15, 0.2) is 0 Å². The average molecular weight is 340 g/mol. The molecule has 0 aromatic rings. The van der Waals surface area contributed by atoms with Gasteiger partial charge in [0.05, 0.1) is 0 Å². The molecule has 1 aliphatic rings. The number of hydrogen-bond acceptors (Lipinski definition) is 3. The summed E-state index contributed by atoms with van der Waals surface area (Å²) in [5, 5.41) is 3.74. The molecule has 0 spiro atoms. The Morgan fingerprint density at radius 2 is 1.89 bits per heavy atom. The zero-order valence-corrected chi connectivity index (χ0v) is 13.6. The van der Waals surface area contributed by atoms with Crippen molar-refractivity contribution < 1.29 is 13.2 Å². The van der Waals surface area contributed by atoms with E-state index >= 15 is 0 Å². The normalized spacial score (nSPS) is 25.1. The molecule has 0 aliphatic heterocycles. The number of carbonyl (C=O) groups is 1. The van der Waals surface area contributed by atoms with Crippen LogP contribution >= 0.6 is 15.9 Å². The zero-order valence-electron chi connectivity index (χ0n) is 11.2. The molecule has 1 saturated carbocycles. The van der Waals surface area contributed by atoms with Crippen LogP contribution in [0.4, 0.5) is 0 Å². The van der Waals surface area contributed by atoms with Gasteiger partial charge in [-0.15, -0.1) is 0 Å². The summed E-state index contributed by atoms with van der Waals surface area (Å²) in [5.41, 5.74) is 0. The van der Waals surface area contributed by atoms with Crippen LogP contribution in [0.5, 0.6) is 0 Å². The van der Waals surface area contributed by atoms with Gasteiger partial charge in [0, 0.05) is 18.1 Å². The Labute approximate surface area is 118 Å². The lowest BCUT2D eigenvalue weighted by molar-refractivity contribution is -0.123. The lowest BCUT2D eigenvalue weighted by Crippen LogP contribution is -2.48. The van der Waals surface area contributed by atoms with E-state index in [1.165, 1.54) is 26.7 Å². The van der Waals surface area contributed by atoms with Crippen LogP contribution in [0.3, 0.4) is 0 Å². The van der Waals surface area contributed by atoms with Crippen molar-refractivity contribution in [1.82, 2.24) is 5.32 Å². The molecule has 1 N–H and O–H groups in total. The van der Waals surface area contributed by atoms with E-state index in [4.69, 9.17) is 0 Å². The zero-order chi connectivity index (χ0) is 14.0. The van der Waals surface area contributed by atoms with Gasteiger partial charge in [0.2, 0.25) is 5.91 Å². The van der Waals surface area contributed by atoms with Crippen LogP contribution < -0.4 is 5.32 Å². The third-order valence-corrected chi connectivity index (χ3v) is 6.88. The predicted octanol–water partition coefficient (Wildman–Crippen LogP) is 1.74. The summed E-state index contributed by atoms with van der Waals surface area (Å²) in [6.07, 6.45) is 4.58. The lowest BCUT2D eigenvalue weighted by atomic mass is 9.98. The highest BCUT2D eigenvalue weighted by molar-refractivity contribution is 9.09. The Hall–Kier alpha value is -0.100. The molecule has 4 nitrogen and oxygen atoms in total. The largest absolute Gasteiger partial charge is 0.354 e. The Morgan fingerprint density at radius 3 is 2.39 bits per heavy atom. The Balaban J connectivity index is 2.56. The molecule has 1 aliphatic carbocycles. The van der Waals surface area contributed by atoms with Crippen LogP contribution in [0.2, 0.25) is 0 Å². The minimum absolute atomic E-state index is 0.398. The summed E-state index contributed by atoms with van der Waals surface area (Å²) in [5.74, 6) is 0.653. The second kappa shape index (κ2) is 5.90. The van der Waals surface area contributed by atoms with E-state index in [0.29, 0.717) is 18.4 Å². The van der Waals surface area contributed by atoms with Gasteiger partial charge in [-0.1, -0.05) is 22.4 Å². The molecular formula is C12H22BrNO3S. The van der Waals surface area contributed by atoms with E-state index in [1.807, 2.05) is 0 Å². The molecule has 0 radical (unpaired) electrons. The number of amides is 1. The number of sulfone groups is 1. The summed E-state index contributed by atoms with van der Waals surface area (Å²) >= 11 is 3.49. The molecule has 1 fully saturated rings. The van der Waals surface area contributed by atoms with Crippen molar-refractivity contribution in [3.05, 3.63) is 0 Å². The van der Waals surface area contributed by atoms with Gasteiger partial charge >= 0.3 is 0 Å². The number of halogens is 1. The highest BCUT2D eigenvalue weighted by Crippen LogP contribution is 2.32. The molecule has 0 aromatic carbocycles. The number of alkyl halides is 1. The van der Waals surface area contributed by atoms with Crippen LogP contribution in [0, 0.1) is 11.8 Å². The molecule has 0 bridgehead atoms. The first-order chi connectivity index (χ1) is 8.20. The van der Waals surface area contributed by atoms with Gasteiger partial charge in [-0.2, -0.15) is 0 Å². The van der Waals surface area contributed by atoms with E-state index in [0.717, 1.165) is 18.0 Å². The minimum Gasteiger partial charge on any atom is -0.354 e. The monoisotopic (exact) mass is 339 g/mol. The Morgan fingerprint density at radius 1 is 1.33 bits per heavy atom. The number of hydrogen-bond donors (Lipinski definition) is 1. The third-order valence-electron chi connectivity index (χ3n) is 4.01. The lowest BCUT2D eigenvalue weighted by Gasteiger charge is -2.24. The molecule has 0 aromatic heterocycles. The van der Waals surface area contributed by atoms with Gasteiger partial charge in [-0.3, -0.25) is 4.79 Å². The summed E-state index contributed by atoms with van der Waals surface area (Å²) < 4.78 is 21.7. The highest BCUT2D eigenvalue weighted by atomic mass is 79.9. The molecule has 0 heterocycles. The maximum Gasteiger partial charge on any atom is 0.240 e. The number of nitrogens with one attached hydrogen (secondary N) is 1. The second-order valence-electron chi connectivity index (χ2n) is 5.60. The predicted molar refractivity (Wildman–Crippen MR) is 76.6 cm³/mol. The fourth-order valence-corrected chi connectivity index (χ4v) is 3.45. The van der Waals surface area contributed by atoms with Crippen LogP contribution in [0.1, 0.15) is 33.1 Å². The summed E-state index contributed by atoms with van der Waals surface area (Å²) in [7, 11) is -3.39. The second-order valence-corrected chi connectivity index (χ2v) is 8.81. The fraction of sp³-hybridized carbons (Fsp3) is 0.917. The maximum atomic E-state index is 12.0. The SMILES string of the molecule is CC(C)(C(=O)NCC1CCCC1CBr)S(C)(=O)=O. The van der Waals surface area contributed by atoms with E-state index in [2.05, 4.69) is 21.2 Å². The van der Waals surface area contributed by atoms with Crippen LogP contribution in [-0.4, -0.2) is 37.2 Å². The van der Waals surface area contributed by atoms with Crippen molar-refractivity contribution in [1.29, 1.82) is 0 Å². The summed E-state index contributed by atoms with van der Waals surface area (Å²) in [6, 6.07) is 0. The maximum absolute atomic E-state index is 12.0. The van der Waals surface area contributed by atoms with Crippen molar-refractivity contribution >= 4 is 31.7 Å². The molecule has 106 valence electrons. The first-order valence-corrected chi connectivity index (χ1v) is 9.25. The molecule has 1 amide bonds. The molecule has 6 heteroatoms. The van der Waals surface area contributed by atoms with Crippen molar-refractivity contribution in [2.75, 3.05) is 18.1 Å². The van der Waals surface area contributed by atoms with Gasteiger partial charge in [0.1, 0.15) is 4.75 Å². The summed E-state index contributed by atoms with van der Waals surface area (Å²) in [4.78, 5) is 12.0. The number of rotatable bonds is 5. The topological polar surface area (TPSA) is 63.2 Å². The van der Waals surface area contributed by atoms with E-state index in [9.17, 15) is 13.2 Å². The minimum atomic E-state index is -3.39. The average Bonchev–Trinajstić information content (AvgIpc) is 2.71. The van der Waals surface area contributed by atoms with Crippen molar-refractivity contribution in [3.8, 4) is 0 Å². The van der Waals surface area contributed by atoms with Gasteiger partial charge in [0.15, 0.2) is 9.84 Å². The molecule has 2 atom stereocenters. The smallest absolute Gasteiger partial charge is 0.240 e. The van der Waals surface area contributed by atoms with Crippen LogP contribution in [0.25, 0.3) is 0 Å². The van der Waals surface area contributed by atoms with Crippen LogP contribution in [-0.2, 0) is 14.6 Å². The first-order valence-electron chi connectivity index (χ1n) is 6.24. The quantitative estimate of drug-likeness (QED) is 0.776. The van der Waals surface area contributed by atoms with E-state index < -0.39 is 20.5 Å². The first kappa shape index (κ1) is 16.0. The third kappa shape index (κ3) is 3.47. The van der Waals surface area contributed by atoms with Crippen molar-refractivity contribution in [2.45, 2.75) is 37.9 Å². The Kier molecular flexibility index (Phi) is 5.23. The van der Waals surface area contributed by atoms with Gasteiger partial charge in [0.25, 0.3) is 0 Å². The summed E-state index contributed by atoms with van der Waals surface area (Å²) in [6.45, 7) is 3.48. The standard InChI is InChI=1S/C12H22BrNO3S/c1-12(2,18(3,16)17)11(15)14-8-10-6-4-5-9(10)7-13/h9-10H,4-8H2,1-3H3,(H,14,15).